The van der Waals surface area contributed by atoms with E-state index in [4.69, 9.17) is 0 Å². The van der Waals surface area contributed by atoms with Crippen molar-refractivity contribution in [1.82, 2.24) is 19.4 Å². The molecule has 1 aliphatic rings. The predicted octanol–water partition coefficient (Wildman–Crippen LogP) is 3.43. The van der Waals surface area contributed by atoms with Crippen LogP contribution in [-0.2, 0) is 17.6 Å². The minimum atomic E-state index is -0.625. The van der Waals surface area contributed by atoms with E-state index in [-0.39, 0.29) is 17.6 Å². The van der Waals surface area contributed by atoms with Gasteiger partial charge in [0, 0.05) is 26.6 Å². The van der Waals surface area contributed by atoms with Gasteiger partial charge in [-0.25, -0.2) is 4.39 Å². The van der Waals surface area contributed by atoms with Crippen LogP contribution in [0, 0.1) is 5.82 Å². The van der Waals surface area contributed by atoms with Crippen LogP contribution in [0.2, 0.25) is 0 Å². The molecule has 0 bridgehead atoms. The third kappa shape index (κ3) is 4.20. The Balaban J connectivity index is 1.68. The van der Waals surface area contributed by atoms with Gasteiger partial charge in [-0.15, -0.1) is 5.10 Å². The number of aromatic nitrogens is 2. The van der Waals surface area contributed by atoms with Crippen LogP contribution in [-0.4, -0.2) is 57.4 Å². The number of aryl methyl sites for hydroxylation is 1. The van der Waals surface area contributed by atoms with E-state index < -0.39 is 6.04 Å². The molecule has 0 spiro atoms. The summed E-state index contributed by atoms with van der Waals surface area (Å²) in [4.78, 5) is 30.3. The number of piperazine rings is 1. The van der Waals surface area contributed by atoms with Crippen LogP contribution in [0.15, 0.2) is 48.5 Å². The Kier molecular flexibility index (Phi) is 6.08. The summed E-state index contributed by atoms with van der Waals surface area (Å²) in [6.07, 6.45) is 0.980. The van der Waals surface area contributed by atoms with Crippen LogP contribution in [0.4, 0.5) is 4.39 Å². The number of hydrogen-bond acceptors (Lipinski definition) is 5. The maximum atomic E-state index is 13.4. The molecule has 2 amide bonds. The number of rotatable bonds is 5. The Morgan fingerprint density at radius 3 is 2.65 bits per heavy atom. The number of carbonyl (C=O) groups is 2. The Bertz CT molecular complexity index is 1100. The van der Waals surface area contributed by atoms with E-state index in [1.54, 1.807) is 29.0 Å². The number of hydrogen-bond donors (Lipinski definition) is 0. The van der Waals surface area contributed by atoms with Gasteiger partial charge in [0.05, 0.1) is 5.69 Å². The van der Waals surface area contributed by atoms with Crippen molar-refractivity contribution >= 4 is 23.3 Å². The summed E-state index contributed by atoms with van der Waals surface area (Å²) in [6, 6.07) is 13.4. The molecule has 0 N–H and O–H groups in total. The topological polar surface area (TPSA) is 66.4 Å². The summed E-state index contributed by atoms with van der Waals surface area (Å²) >= 11 is 1.07. The van der Waals surface area contributed by atoms with Gasteiger partial charge in [-0.2, -0.15) is 0 Å². The Labute approximate surface area is 184 Å². The second kappa shape index (κ2) is 8.93. The van der Waals surface area contributed by atoms with Gasteiger partial charge in [-0.1, -0.05) is 47.8 Å². The van der Waals surface area contributed by atoms with E-state index in [2.05, 4.69) is 9.59 Å². The van der Waals surface area contributed by atoms with Gasteiger partial charge in [0.15, 0.2) is 0 Å². The van der Waals surface area contributed by atoms with E-state index in [1.165, 1.54) is 12.1 Å². The van der Waals surface area contributed by atoms with Crippen molar-refractivity contribution in [2.45, 2.75) is 25.8 Å². The molecule has 160 valence electrons. The van der Waals surface area contributed by atoms with Crippen LogP contribution in [0.5, 0.6) is 0 Å². The maximum absolute atomic E-state index is 13.4. The predicted molar refractivity (Wildman–Crippen MR) is 117 cm³/mol. The summed E-state index contributed by atoms with van der Waals surface area (Å²) in [5, 5.41) is 4.05. The van der Waals surface area contributed by atoms with Gasteiger partial charge in [0.1, 0.15) is 16.7 Å². The largest absolute Gasteiger partial charge is 0.342 e. The average Bonchev–Trinajstić information content (AvgIpc) is 3.26. The molecule has 0 radical (unpaired) electrons. The number of nitrogens with zero attached hydrogens (tertiary/aromatic N) is 4. The Hall–Kier alpha value is -3.13. The van der Waals surface area contributed by atoms with E-state index in [9.17, 15) is 14.0 Å². The molecule has 6 nitrogen and oxygen atoms in total. The minimum Gasteiger partial charge on any atom is -0.342 e. The number of likely N-dealkylation sites (N-methyl/N-ethyl adjacent to an activating group) is 1. The van der Waals surface area contributed by atoms with Crippen molar-refractivity contribution in [3.05, 3.63) is 70.5 Å². The normalized spacial score (nSPS) is 16.6. The highest BCUT2D eigenvalue weighted by molar-refractivity contribution is 7.08. The first kappa shape index (κ1) is 21.1. The second-order valence-electron chi connectivity index (χ2n) is 7.54. The molecule has 1 fully saturated rings. The molecule has 1 saturated heterocycles. The van der Waals surface area contributed by atoms with E-state index in [0.717, 1.165) is 28.2 Å². The van der Waals surface area contributed by atoms with Gasteiger partial charge >= 0.3 is 0 Å². The molecule has 2 aromatic carbocycles. The highest BCUT2D eigenvalue weighted by Crippen LogP contribution is 2.28. The smallest absolute Gasteiger partial charge is 0.268 e. The third-order valence-corrected chi connectivity index (χ3v) is 6.40. The van der Waals surface area contributed by atoms with E-state index in [0.29, 0.717) is 36.5 Å². The van der Waals surface area contributed by atoms with Crippen LogP contribution in [0.3, 0.4) is 0 Å². The highest BCUT2D eigenvalue weighted by atomic mass is 32.1. The maximum Gasteiger partial charge on any atom is 0.268 e. The second-order valence-corrected chi connectivity index (χ2v) is 8.30. The van der Waals surface area contributed by atoms with Crippen molar-refractivity contribution in [2.75, 3.05) is 20.1 Å². The fourth-order valence-corrected chi connectivity index (χ4v) is 4.61. The molecule has 31 heavy (non-hydrogen) atoms. The Morgan fingerprint density at radius 1 is 1.16 bits per heavy atom. The highest BCUT2D eigenvalue weighted by Gasteiger charge is 2.38. The zero-order valence-electron chi connectivity index (χ0n) is 17.4. The molecular formula is C23H23FN4O2S. The summed E-state index contributed by atoms with van der Waals surface area (Å²) in [5.41, 5.74) is 3.38. The molecule has 1 aromatic heterocycles. The minimum absolute atomic E-state index is 0.0935. The van der Waals surface area contributed by atoms with Crippen LogP contribution in [0.1, 0.15) is 27.9 Å². The molecule has 2 heterocycles. The third-order valence-electron chi connectivity index (χ3n) is 5.65. The van der Waals surface area contributed by atoms with Gasteiger partial charge in [-0.3, -0.25) is 9.59 Å². The molecular weight excluding hydrogens is 415 g/mol. The lowest BCUT2D eigenvalue weighted by molar-refractivity contribution is -0.138. The van der Waals surface area contributed by atoms with E-state index in [1.807, 2.05) is 31.2 Å². The molecule has 1 atom stereocenters. The first-order chi connectivity index (χ1) is 15.0. The number of benzene rings is 2. The zero-order chi connectivity index (χ0) is 22.0. The summed E-state index contributed by atoms with van der Waals surface area (Å²) in [5.74, 6) is -0.589. The first-order valence-corrected chi connectivity index (χ1v) is 11.0. The van der Waals surface area contributed by atoms with Crippen LogP contribution in [0.25, 0.3) is 11.1 Å². The van der Waals surface area contributed by atoms with Gasteiger partial charge in [0.25, 0.3) is 5.91 Å². The van der Waals surface area contributed by atoms with E-state index >= 15 is 0 Å². The lowest BCUT2D eigenvalue weighted by Gasteiger charge is -2.39. The standard InChI is InChI=1S/C23H23FN4O2S/c1-3-19-21(31-26-25-19)23(30)28-13-12-27(2)22(29)20(28)14-16-6-4-5-7-18(16)15-8-10-17(24)11-9-15/h4-11,20H,3,12-14H2,1-2H3/t20-/m1/s1. The average molecular weight is 439 g/mol. The van der Waals surface area contributed by atoms with Crippen molar-refractivity contribution in [1.29, 1.82) is 0 Å². The lowest BCUT2D eigenvalue weighted by atomic mass is 9.93. The fourth-order valence-electron chi connectivity index (χ4n) is 3.90. The first-order valence-electron chi connectivity index (χ1n) is 10.2. The molecule has 1 aliphatic heterocycles. The molecule has 8 heteroatoms. The lowest BCUT2D eigenvalue weighted by Crippen LogP contribution is -2.58. The molecule has 0 aliphatic carbocycles. The number of amides is 2. The zero-order valence-corrected chi connectivity index (χ0v) is 18.2. The fraction of sp³-hybridized carbons (Fsp3) is 0.304. The number of halogens is 1. The van der Waals surface area contributed by atoms with Crippen molar-refractivity contribution in [3.63, 3.8) is 0 Å². The molecule has 4 rings (SSSR count). The summed E-state index contributed by atoms with van der Waals surface area (Å²) in [7, 11) is 1.76. The van der Waals surface area contributed by atoms with Crippen LogP contribution >= 0.6 is 11.5 Å². The summed E-state index contributed by atoms with van der Waals surface area (Å²) in [6.45, 7) is 2.86. The number of carbonyl (C=O) groups excluding carboxylic acids is 2. The van der Waals surface area contributed by atoms with Gasteiger partial charge in [-0.05, 0) is 46.8 Å². The Morgan fingerprint density at radius 2 is 1.90 bits per heavy atom. The molecule has 0 saturated carbocycles. The van der Waals surface area contributed by atoms with Gasteiger partial charge in [0.2, 0.25) is 5.91 Å². The van der Waals surface area contributed by atoms with Crippen LogP contribution < -0.4 is 0 Å². The molecule has 0 unspecified atom stereocenters. The quantitative estimate of drug-likeness (QED) is 0.612. The van der Waals surface area contributed by atoms with Crippen molar-refractivity contribution < 1.29 is 14.0 Å². The van der Waals surface area contributed by atoms with Crippen molar-refractivity contribution in [3.8, 4) is 11.1 Å². The summed E-state index contributed by atoms with van der Waals surface area (Å²) < 4.78 is 17.3. The van der Waals surface area contributed by atoms with Gasteiger partial charge < -0.3 is 9.80 Å². The monoisotopic (exact) mass is 438 g/mol. The van der Waals surface area contributed by atoms with Crippen molar-refractivity contribution in [2.24, 2.45) is 0 Å². The SMILES string of the molecule is CCc1nnsc1C(=O)N1CCN(C)C(=O)[C@H]1Cc1ccccc1-c1ccc(F)cc1. The molecule has 3 aromatic rings.